The summed E-state index contributed by atoms with van der Waals surface area (Å²) in [5.74, 6) is 1.92. The molecule has 2 rings (SSSR count). The average molecular weight is 235 g/mol. The zero-order valence-electron chi connectivity index (χ0n) is 11.0. The van der Waals surface area contributed by atoms with Gasteiger partial charge in [0.2, 0.25) is 5.95 Å². The van der Waals surface area contributed by atoms with Crippen LogP contribution in [0.2, 0.25) is 0 Å². The highest BCUT2D eigenvalue weighted by atomic mass is 15.2. The number of rotatable bonds is 6. The number of unbranched alkanes of at least 4 members (excludes halogenated alkanes) is 1. The van der Waals surface area contributed by atoms with E-state index in [4.69, 9.17) is 0 Å². The molecular weight excluding hydrogens is 210 g/mol. The van der Waals surface area contributed by atoms with Crippen LogP contribution >= 0.6 is 0 Å². The van der Waals surface area contributed by atoms with E-state index < -0.39 is 0 Å². The minimum atomic E-state index is 0.865. The van der Waals surface area contributed by atoms with Crippen LogP contribution in [0.1, 0.15) is 51.9 Å². The highest BCUT2D eigenvalue weighted by Gasteiger charge is 2.15. The zero-order chi connectivity index (χ0) is 11.9. The van der Waals surface area contributed by atoms with Gasteiger partial charge in [0.15, 0.2) is 0 Å². The van der Waals surface area contributed by atoms with Gasteiger partial charge in [-0.25, -0.2) is 4.98 Å². The van der Waals surface area contributed by atoms with Gasteiger partial charge in [-0.2, -0.15) is 0 Å². The van der Waals surface area contributed by atoms with Gasteiger partial charge in [-0.15, -0.1) is 0 Å². The molecule has 1 N–H and O–H groups in total. The van der Waals surface area contributed by atoms with Crippen LogP contribution in [-0.4, -0.2) is 16.1 Å². The van der Waals surface area contributed by atoms with E-state index in [0.717, 1.165) is 25.0 Å². The number of nitrogens with one attached hydrogen (secondary N) is 1. The fraction of sp³-hybridized carbons (Fsp3) is 0.786. The van der Waals surface area contributed by atoms with E-state index in [0.29, 0.717) is 0 Å². The van der Waals surface area contributed by atoms with E-state index in [1.54, 1.807) is 0 Å². The Balaban J connectivity index is 1.84. The number of hydrogen-bond donors (Lipinski definition) is 1. The van der Waals surface area contributed by atoms with Crippen LogP contribution in [0.25, 0.3) is 0 Å². The molecule has 1 saturated carbocycles. The van der Waals surface area contributed by atoms with Crippen molar-refractivity contribution >= 4 is 5.95 Å². The maximum Gasteiger partial charge on any atom is 0.202 e. The van der Waals surface area contributed by atoms with Crippen LogP contribution in [0.5, 0.6) is 0 Å². The van der Waals surface area contributed by atoms with Crippen molar-refractivity contribution < 1.29 is 0 Å². The molecule has 1 aliphatic rings. The highest BCUT2D eigenvalue weighted by molar-refractivity contribution is 5.25. The SMILES string of the molecule is CCCCNc1nccn1CC1CCCCC1. The van der Waals surface area contributed by atoms with Crippen LogP contribution in [-0.2, 0) is 6.54 Å². The first-order valence-electron chi connectivity index (χ1n) is 7.15. The molecule has 17 heavy (non-hydrogen) atoms. The molecule has 0 aromatic carbocycles. The molecule has 1 aromatic rings. The summed E-state index contributed by atoms with van der Waals surface area (Å²) in [6, 6.07) is 0. The van der Waals surface area contributed by atoms with Crippen molar-refractivity contribution in [2.45, 2.75) is 58.4 Å². The van der Waals surface area contributed by atoms with Crippen molar-refractivity contribution in [2.75, 3.05) is 11.9 Å². The van der Waals surface area contributed by atoms with Gasteiger partial charge in [0.25, 0.3) is 0 Å². The van der Waals surface area contributed by atoms with Crippen molar-refractivity contribution in [3.8, 4) is 0 Å². The second-order valence-corrected chi connectivity index (χ2v) is 5.19. The first-order valence-corrected chi connectivity index (χ1v) is 7.15. The van der Waals surface area contributed by atoms with E-state index in [1.165, 1.54) is 44.9 Å². The Morgan fingerprint density at radius 2 is 2.18 bits per heavy atom. The monoisotopic (exact) mass is 235 g/mol. The number of imidazole rings is 1. The van der Waals surface area contributed by atoms with Crippen molar-refractivity contribution in [1.82, 2.24) is 9.55 Å². The fourth-order valence-corrected chi connectivity index (χ4v) is 2.65. The Morgan fingerprint density at radius 3 is 2.94 bits per heavy atom. The summed E-state index contributed by atoms with van der Waals surface area (Å²) in [5, 5.41) is 3.44. The van der Waals surface area contributed by atoms with Crippen molar-refractivity contribution in [2.24, 2.45) is 5.92 Å². The summed E-state index contributed by atoms with van der Waals surface area (Å²) in [4.78, 5) is 4.41. The minimum absolute atomic E-state index is 0.865. The van der Waals surface area contributed by atoms with E-state index in [2.05, 4.69) is 28.0 Å². The lowest BCUT2D eigenvalue weighted by Crippen LogP contribution is -2.16. The lowest BCUT2D eigenvalue weighted by Gasteiger charge is -2.22. The topological polar surface area (TPSA) is 29.9 Å². The number of anilines is 1. The van der Waals surface area contributed by atoms with Crippen LogP contribution in [0.15, 0.2) is 12.4 Å². The Labute approximate surface area is 105 Å². The summed E-state index contributed by atoms with van der Waals surface area (Å²) in [5.41, 5.74) is 0. The summed E-state index contributed by atoms with van der Waals surface area (Å²) in [6.45, 7) is 4.41. The lowest BCUT2D eigenvalue weighted by atomic mass is 9.89. The van der Waals surface area contributed by atoms with Crippen LogP contribution < -0.4 is 5.32 Å². The lowest BCUT2D eigenvalue weighted by molar-refractivity contribution is 0.320. The van der Waals surface area contributed by atoms with E-state index in [1.807, 2.05) is 6.20 Å². The maximum atomic E-state index is 4.41. The molecule has 0 atom stereocenters. The van der Waals surface area contributed by atoms with Gasteiger partial charge in [-0.1, -0.05) is 32.6 Å². The summed E-state index contributed by atoms with van der Waals surface area (Å²) in [7, 11) is 0. The molecule has 1 aliphatic carbocycles. The van der Waals surface area contributed by atoms with Crippen molar-refractivity contribution in [1.29, 1.82) is 0 Å². The third-order valence-electron chi connectivity index (χ3n) is 3.71. The van der Waals surface area contributed by atoms with Crippen LogP contribution in [0.3, 0.4) is 0 Å². The second-order valence-electron chi connectivity index (χ2n) is 5.19. The Hall–Kier alpha value is -0.990. The summed E-state index contributed by atoms with van der Waals surface area (Å²) >= 11 is 0. The smallest absolute Gasteiger partial charge is 0.202 e. The van der Waals surface area contributed by atoms with Gasteiger partial charge in [-0.3, -0.25) is 0 Å². The Kier molecular flexibility index (Phi) is 4.89. The van der Waals surface area contributed by atoms with E-state index >= 15 is 0 Å². The Bertz CT molecular complexity index is 313. The number of aromatic nitrogens is 2. The number of hydrogen-bond acceptors (Lipinski definition) is 2. The van der Waals surface area contributed by atoms with Crippen LogP contribution in [0, 0.1) is 5.92 Å². The molecule has 3 heteroatoms. The highest BCUT2D eigenvalue weighted by Crippen LogP contribution is 2.25. The van der Waals surface area contributed by atoms with Gasteiger partial charge >= 0.3 is 0 Å². The molecule has 0 saturated heterocycles. The molecule has 3 nitrogen and oxygen atoms in total. The van der Waals surface area contributed by atoms with Crippen LogP contribution in [0.4, 0.5) is 5.95 Å². The van der Waals surface area contributed by atoms with Gasteiger partial charge in [0.05, 0.1) is 0 Å². The van der Waals surface area contributed by atoms with Gasteiger partial charge in [-0.05, 0) is 25.2 Å². The number of nitrogens with zero attached hydrogens (tertiary/aromatic N) is 2. The predicted molar refractivity (Wildman–Crippen MR) is 72.2 cm³/mol. The normalized spacial score (nSPS) is 17.2. The van der Waals surface area contributed by atoms with Gasteiger partial charge in [0, 0.05) is 25.5 Å². The Morgan fingerprint density at radius 1 is 1.35 bits per heavy atom. The van der Waals surface area contributed by atoms with Gasteiger partial charge in [0.1, 0.15) is 0 Å². The second kappa shape index (κ2) is 6.67. The minimum Gasteiger partial charge on any atom is -0.356 e. The molecule has 0 unspecified atom stereocenters. The molecular formula is C14H25N3. The van der Waals surface area contributed by atoms with Crippen molar-refractivity contribution in [3.63, 3.8) is 0 Å². The first kappa shape index (κ1) is 12.5. The summed E-state index contributed by atoms with van der Waals surface area (Å²) < 4.78 is 2.30. The fourth-order valence-electron chi connectivity index (χ4n) is 2.65. The van der Waals surface area contributed by atoms with E-state index in [9.17, 15) is 0 Å². The predicted octanol–water partition coefficient (Wildman–Crippen LogP) is 3.68. The zero-order valence-corrected chi connectivity index (χ0v) is 11.0. The van der Waals surface area contributed by atoms with Gasteiger partial charge < -0.3 is 9.88 Å². The third kappa shape index (κ3) is 3.76. The molecule has 0 bridgehead atoms. The molecule has 0 spiro atoms. The molecule has 0 aliphatic heterocycles. The standard InChI is InChI=1S/C14H25N3/c1-2-3-9-15-14-16-10-11-17(14)12-13-7-5-4-6-8-13/h10-11,13H,2-9,12H2,1H3,(H,15,16). The van der Waals surface area contributed by atoms with Crippen molar-refractivity contribution in [3.05, 3.63) is 12.4 Å². The third-order valence-corrected chi connectivity index (χ3v) is 3.71. The quantitative estimate of drug-likeness (QED) is 0.762. The maximum absolute atomic E-state index is 4.41. The molecule has 1 heterocycles. The molecule has 0 radical (unpaired) electrons. The molecule has 0 amide bonds. The molecule has 96 valence electrons. The summed E-state index contributed by atoms with van der Waals surface area (Å²) in [6.07, 6.45) is 13.5. The molecule has 1 aromatic heterocycles. The largest absolute Gasteiger partial charge is 0.356 e. The first-order chi connectivity index (χ1) is 8.40. The molecule has 1 fully saturated rings. The van der Waals surface area contributed by atoms with E-state index in [-0.39, 0.29) is 0 Å². The average Bonchev–Trinajstić information content (AvgIpc) is 2.79.